The van der Waals surface area contributed by atoms with Crippen molar-refractivity contribution in [3.05, 3.63) is 23.3 Å². The second-order valence-corrected chi connectivity index (χ2v) is 3.77. The minimum absolute atomic E-state index is 0.0264. The van der Waals surface area contributed by atoms with Crippen molar-refractivity contribution < 1.29 is 14.9 Å². The van der Waals surface area contributed by atoms with E-state index in [0.29, 0.717) is 12.3 Å². The molecule has 0 fully saturated rings. The Bertz CT molecular complexity index is 378. The number of ether oxygens (including phenoxy) is 1. The molecule has 4 nitrogen and oxygen atoms in total. The summed E-state index contributed by atoms with van der Waals surface area (Å²) in [4.78, 5) is 0. The largest absolute Gasteiger partial charge is 0.504 e. The van der Waals surface area contributed by atoms with E-state index in [4.69, 9.17) is 4.74 Å². The molecule has 4 heteroatoms. The van der Waals surface area contributed by atoms with Crippen LogP contribution in [0.5, 0.6) is 11.5 Å². The number of phenols is 1. The maximum absolute atomic E-state index is 9.95. The summed E-state index contributed by atoms with van der Waals surface area (Å²) in [5.74, 6) is 0.560. The average molecular weight is 209 g/mol. The van der Waals surface area contributed by atoms with E-state index in [2.05, 4.69) is 5.32 Å². The van der Waals surface area contributed by atoms with Crippen LogP contribution in [0.1, 0.15) is 30.2 Å². The summed E-state index contributed by atoms with van der Waals surface area (Å²) in [6, 6.07) is 3.50. The molecule has 1 aliphatic rings. The summed E-state index contributed by atoms with van der Waals surface area (Å²) in [7, 11) is 1.51. The predicted molar refractivity (Wildman–Crippen MR) is 56.0 cm³/mol. The van der Waals surface area contributed by atoms with E-state index in [-0.39, 0.29) is 11.8 Å². The minimum Gasteiger partial charge on any atom is -0.504 e. The van der Waals surface area contributed by atoms with Gasteiger partial charge in [0.15, 0.2) is 11.5 Å². The highest BCUT2D eigenvalue weighted by atomic mass is 16.5. The lowest BCUT2D eigenvalue weighted by molar-refractivity contribution is 0.157. The molecule has 0 saturated carbocycles. The lowest BCUT2D eigenvalue weighted by Gasteiger charge is -2.29. The third-order valence-corrected chi connectivity index (χ3v) is 2.84. The fourth-order valence-electron chi connectivity index (χ4n) is 2.01. The van der Waals surface area contributed by atoms with Crippen molar-refractivity contribution in [3.63, 3.8) is 0 Å². The van der Waals surface area contributed by atoms with Gasteiger partial charge < -0.3 is 20.3 Å². The number of β-amino-alcohol motifs (C(OH)–C–C–N with tert-alkyl or cyclic N) is 1. The van der Waals surface area contributed by atoms with Gasteiger partial charge in [0.25, 0.3) is 0 Å². The molecule has 1 aromatic rings. The molecule has 2 unspecified atom stereocenters. The SMILES string of the molecule is COc1ccc2c(c1O)C(C)NCC2O. The van der Waals surface area contributed by atoms with Gasteiger partial charge in [0.2, 0.25) is 0 Å². The van der Waals surface area contributed by atoms with Gasteiger partial charge in [-0.05, 0) is 18.6 Å². The quantitative estimate of drug-likeness (QED) is 0.648. The second kappa shape index (κ2) is 3.72. The third-order valence-electron chi connectivity index (χ3n) is 2.84. The number of rotatable bonds is 1. The molecule has 0 aromatic heterocycles. The van der Waals surface area contributed by atoms with Gasteiger partial charge in [-0.3, -0.25) is 0 Å². The summed E-state index contributed by atoms with van der Waals surface area (Å²) >= 11 is 0. The van der Waals surface area contributed by atoms with E-state index in [9.17, 15) is 10.2 Å². The number of hydrogen-bond acceptors (Lipinski definition) is 4. The number of aromatic hydroxyl groups is 1. The predicted octanol–water partition coefficient (Wildman–Crippen LogP) is 1.10. The van der Waals surface area contributed by atoms with Gasteiger partial charge in [0, 0.05) is 18.2 Å². The van der Waals surface area contributed by atoms with Crippen molar-refractivity contribution in [1.82, 2.24) is 5.32 Å². The van der Waals surface area contributed by atoms with Gasteiger partial charge in [0.05, 0.1) is 13.2 Å². The number of hydrogen-bond donors (Lipinski definition) is 3. The van der Waals surface area contributed by atoms with E-state index >= 15 is 0 Å². The summed E-state index contributed by atoms with van der Waals surface area (Å²) in [6.45, 7) is 2.46. The zero-order valence-electron chi connectivity index (χ0n) is 8.82. The molecule has 3 N–H and O–H groups in total. The Morgan fingerprint density at radius 1 is 1.47 bits per heavy atom. The molecule has 0 saturated heterocycles. The molecule has 0 spiro atoms. The molecular weight excluding hydrogens is 194 g/mol. The lowest BCUT2D eigenvalue weighted by atomic mass is 9.92. The number of nitrogens with one attached hydrogen (secondary N) is 1. The fraction of sp³-hybridized carbons (Fsp3) is 0.455. The van der Waals surface area contributed by atoms with E-state index in [1.165, 1.54) is 7.11 Å². The molecule has 2 rings (SSSR count). The van der Waals surface area contributed by atoms with E-state index in [1.54, 1.807) is 12.1 Å². The number of benzene rings is 1. The molecule has 0 radical (unpaired) electrons. The molecule has 1 heterocycles. The highest BCUT2D eigenvalue weighted by molar-refractivity contribution is 5.52. The van der Waals surface area contributed by atoms with E-state index in [0.717, 1.165) is 11.1 Å². The Hall–Kier alpha value is -1.26. The van der Waals surface area contributed by atoms with Gasteiger partial charge in [-0.25, -0.2) is 0 Å². The molecule has 1 aliphatic heterocycles. The Balaban J connectivity index is 2.58. The van der Waals surface area contributed by atoms with Gasteiger partial charge in [0.1, 0.15) is 0 Å². The monoisotopic (exact) mass is 209 g/mol. The molecule has 0 aliphatic carbocycles. The first-order chi connectivity index (χ1) is 7.15. The first kappa shape index (κ1) is 10.3. The Kier molecular flexibility index (Phi) is 2.54. The molecule has 15 heavy (non-hydrogen) atoms. The number of fused-ring (bicyclic) bond motifs is 1. The maximum atomic E-state index is 9.95. The van der Waals surface area contributed by atoms with Crippen molar-refractivity contribution in [2.75, 3.05) is 13.7 Å². The number of phenolic OH excluding ortho intramolecular Hbond substituents is 1. The number of aliphatic hydroxyl groups is 1. The summed E-state index contributed by atoms with van der Waals surface area (Å²) in [5.41, 5.74) is 1.51. The van der Waals surface area contributed by atoms with Crippen LogP contribution in [-0.4, -0.2) is 23.9 Å². The van der Waals surface area contributed by atoms with Gasteiger partial charge in [-0.1, -0.05) is 6.07 Å². The van der Waals surface area contributed by atoms with E-state index in [1.807, 2.05) is 6.92 Å². The molecule has 82 valence electrons. The van der Waals surface area contributed by atoms with Crippen LogP contribution in [0.2, 0.25) is 0 Å². The molecule has 1 aromatic carbocycles. The van der Waals surface area contributed by atoms with Gasteiger partial charge >= 0.3 is 0 Å². The van der Waals surface area contributed by atoms with Crippen LogP contribution in [-0.2, 0) is 0 Å². The smallest absolute Gasteiger partial charge is 0.162 e. The summed E-state index contributed by atoms with van der Waals surface area (Å²) in [6.07, 6.45) is -0.562. The van der Waals surface area contributed by atoms with Crippen molar-refractivity contribution >= 4 is 0 Å². The summed E-state index contributed by atoms with van der Waals surface area (Å²) in [5, 5.41) is 22.8. The lowest BCUT2D eigenvalue weighted by Crippen LogP contribution is -2.31. The molecule has 0 amide bonds. The molecular formula is C11H15NO3. The second-order valence-electron chi connectivity index (χ2n) is 3.77. The van der Waals surface area contributed by atoms with Crippen LogP contribution >= 0.6 is 0 Å². The number of aliphatic hydroxyl groups excluding tert-OH is 1. The standard InChI is InChI=1S/C11H15NO3/c1-6-10-7(8(13)5-12-6)3-4-9(15-2)11(10)14/h3-4,6,8,12-14H,5H2,1-2H3. The normalized spacial score (nSPS) is 24.7. The molecule has 2 atom stereocenters. The van der Waals surface area contributed by atoms with E-state index < -0.39 is 6.10 Å². The Labute approximate surface area is 88.5 Å². The van der Waals surface area contributed by atoms with Crippen molar-refractivity contribution in [2.45, 2.75) is 19.1 Å². The van der Waals surface area contributed by atoms with Crippen LogP contribution < -0.4 is 10.1 Å². The van der Waals surface area contributed by atoms with Crippen LogP contribution in [0.3, 0.4) is 0 Å². The minimum atomic E-state index is -0.562. The number of methoxy groups -OCH3 is 1. The van der Waals surface area contributed by atoms with Crippen LogP contribution in [0.4, 0.5) is 0 Å². The topological polar surface area (TPSA) is 61.7 Å². The van der Waals surface area contributed by atoms with Crippen molar-refractivity contribution in [2.24, 2.45) is 0 Å². The highest BCUT2D eigenvalue weighted by Gasteiger charge is 2.27. The first-order valence-corrected chi connectivity index (χ1v) is 4.96. The first-order valence-electron chi connectivity index (χ1n) is 4.96. The summed E-state index contributed by atoms with van der Waals surface area (Å²) < 4.78 is 5.04. The average Bonchev–Trinajstić information content (AvgIpc) is 2.23. The van der Waals surface area contributed by atoms with Crippen LogP contribution in [0.25, 0.3) is 0 Å². The zero-order chi connectivity index (χ0) is 11.0. The highest BCUT2D eigenvalue weighted by Crippen LogP contribution is 2.40. The zero-order valence-corrected chi connectivity index (χ0v) is 8.82. The maximum Gasteiger partial charge on any atom is 0.162 e. The van der Waals surface area contributed by atoms with Crippen LogP contribution in [0, 0.1) is 0 Å². The Morgan fingerprint density at radius 2 is 2.20 bits per heavy atom. The third kappa shape index (κ3) is 1.56. The van der Waals surface area contributed by atoms with Gasteiger partial charge in [-0.15, -0.1) is 0 Å². The fourth-order valence-corrected chi connectivity index (χ4v) is 2.01. The van der Waals surface area contributed by atoms with Crippen LogP contribution in [0.15, 0.2) is 12.1 Å². The van der Waals surface area contributed by atoms with Crippen molar-refractivity contribution in [1.29, 1.82) is 0 Å². The molecule has 0 bridgehead atoms. The van der Waals surface area contributed by atoms with Crippen molar-refractivity contribution in [3.8, 4) is 11.5 Å². The van der Waals surface area contributed by atoms with Gasteiger partial charge in [-0.2, -0.15) is 0 Å². The Morgan fingerprint density at radius 3 is 2.87 bits per heavy atom.